The topological polar surface area (TPSA) is 115 Å². The Kier molecular flexibility index (Phi) is 6.36. The van der Waals surface area contributed by atoms with Crippen LogP contribution in [-0.4, -0.2) is 23.7 Å². The van der Waals surface area contributed by atoms with E-state index in [1.54, 1.807) is 36.4 Å². The van der Waals surface area contributed by atoms with E-state index in [0.717, 1.165) is 11.6 Å². The quantitative estimate of drug-likeness (QED) is 0.340. The average Bonchev–Trinajstić information content (AvgIpc) is 2.82. The van der Waals surface area contributed by atoms with Crippen LogP contribution in [0.15, 0.2) is 88.1 Å². The number of alkyl carbamates (subject to hydrolysis) is 1. The highest BCUT2D eigenvalue weighted by molar-refractivity contribution is 5.87. The summed E-state index contributed by atoms with van der Waals surface area (Å²) in [6.07, 6.45) is -0.782. The minimum atomic E-state index is -0.799. The molecule has 4 rings (SSSR count). The van der Waals surface area contributed by atoms with Crippen LogP contribution >= 0.6 is 0 Å². The summed E-state index contributed by atoms with van der Waals surface area (Å²) < 4.78 is 16.0. The number of nitrogens with one attached hydrogen (secondary N) is 1. The minimum absolute atomic E-state index is 0.0305. The van der Waals surface area contributed by atoms with E-state index in [2.05, 4.69) is 5.32 Å². The van der Waals surface area contributed by atoms with Crippen LogP contribution in [0.2, 0.25) is 0 Å². The van der Waals surface area contributed by atoms with Crippen molar-refractivity contribution >= 4 is 23.0 Å². The summed E-state index contributed by atoms with van der Waals surface area (Å²) in [7, 11) is 0. The van der Waals surface area contributed by atoms with Gasteiger partial charge in [-0.15, -0.1) is 0 Å². The number of phenolic OH excluding ortho intramolecular Hbond substituents is 1. The number of aromatic hydroxyl groups is 1. The second kappa shape index (κ2) is 9.69. The van der Waals surface area contributed by atoms with Gasteiger partial charge in [-0.1, -0.05) is 60.7 Å². The molecule has 0 saturated heterocycles. The number of amides is 1. The van der Waals surface area contributed by atoms with Crippen LogP contribution in [-0.2, 0) is 16.1 Å². The Labute approximate surface area is 188 Å². The van der Waals surface area contributed by atoms with Crippen molar-refractivity contribution in [2.24, 2.45) is 0 Å². The predicted molar refractivity (Wildman–Crippen MR) is 120 cm³/mol. The normalized spacial score (nSPS) is 10.5. The molecule has 0 bridgehead atoms. The van der Waals surface area contributed by atoms with Gasteiger partial charge in [-0.25, -0.2) is 9.59 Å². The van der Waals surface area contributed by atoms with E-state index < -0.39 is 24.0 Å². The second-order valence-electron chi connectivity index (χ2n) is 7.05. The van der Waals surface area contributed by atoms with Gasteiger partial charge in [0.25, 0.3) is 0 Å². The van der Waals surface area contributed by atoms with Gasteiger partial charge in [0.1, 0.15) is 41.4 Å². The molecule has 0 fully saturated rings. The van der Waals surface area contributed by atoms with Crippen LogP contribution in [0.1, 0.15) is 5.56 Å². The molecule has 0 saturated carbocycles. The van der Waals surface area contributed by atoms with Gasteiger partial charge in [0.2, 0.25) is 0 Å². The monoisotopic (exact) mass is 445 g/mol. The first kappa shape index (κ1) is 21.6. The number of carbonyl (C=O) groups excluding carboxylic acids is 2. The van der Waals surface area contributed by atoms with Gasteiger partial charge in [-0.05, 0) is 5.56 Å². The lowest BCUT2D eigenvalue weighted by atomic mass is 10.1. The van der Waals surface area contributed by atoms with Crippen LogP contribution < -0.4 is 15.5 Å². The van der Waals surface area contributed by atoms with Crippen molar-refractivity contribution in [2.75, 3.05) is 6.54 Å². The Hall–Kier alpha value is -4.59. The third kappa shape index (κ3) is 5.37. The zero-order valence-corrected chi connectivity index (χ0v) is 17.3. The molecule has 0 unspecified atom stereocenters. The number of esters is 1. The molecule has 1 aromatic heterocycles. The lowest BCUT2D eigenvalue weighted by molar-refractivity contribution is -0.133. The Bertz CT molecular complexity index is 1350. The molecule has 8 nitrogen and oxygen atoms in total. The highest BCUT2D eigenvalue weighted by atomic mass is 16.6. The number of hydrogen-bond donors (Lipinski definition) is 2. The first-order valence-electron chi connectivity index (χ1n) is 10.0. The molecule has 0 aliphatic rings. The summed E-state index contributed by atoms with van der Waals surface area (Å²) >= 11 is 0. The zero-order chi connectivity index (χ0) is 23.2. The summed E-state index contributed by atoms with van der Waals surface area (Å²) in [5.74, 6) is -0.928. The third-order valence-electron chi connectivity index (χ3n) is 4.66. The number of benzene rings is 3. The van der Waals surface area contributed by atoms with Gasteiger partial charge in [-0.3, -0.25) is 4.79 Å². The number of phenols is 1. The van der Waals surface area contributed by atoms with Crippen LogP contribution in [0.5, 0.6) is 11.5 Å². The fraction of sp³-hybridized carbons (Fsp3) is 0.0800. The maximum atomic E-state index is 12.5. The van der Waals surface area contributed by atoms with Crippen LogP contribution in [0, 0.1) is 0 Å². The maximum absolute atomic E-state index is 12.5. The lowest BCUT2D eigenvalue weighted by Crippen LogP contribution is -2.32. The summed E-state index contributed by atoms with van der Waals surface area (Å²) in [5, 5.41) is 12.5. The molecule has 4 aromatic rings. The zero-order valence-electron chi connectivity index (χ0n) is 17.3. The van der Waals surface area contributed by atoms with Gasteiger partial charge >= 0.3 is 12.1 Å². The van der Waals surface area contributed by atoms with Crippen LogP contribution in [0.3, 0.4) is 0 Å². The molecule has 2 N–H and O–H groups in total. The molecule has 8 heteroatoms. The van der Waals surface area contributed by atoms with E-state index in [1.165, 1.54) is 12.1 Å². The van der Waals surface area contributed by atoms with Crippen molar-refractivity contribution < 1.29 is 28.6 Å². The van der Waals surface area contributed by atoms with E-state index in [0.29, 0.717) is 11.3 Å². The first-order valence-corrected chi connectivity index (χ1v) is 10.0. The van der Waals surface area contributed by atoms with Crippen molar-refractivity contribution in [2.45, 2.75) is 6.61 Å². The third-order valence-corrected chi connectivity index (χ3v) is 4.66. The van der Waals surface area contributed by atoms with Crippen molar-refractivity contribution in [3.05, 3.63) is 94.6 Å². The van der Waals surface area contributed by atoms with E-state index >= 15 is 0 Å². The standard InChI is InChI=1S/C25H19NO7/c27-19-11-18(32-23(29)14-26-25(30)31-15-16-7-3-1-4-8-16)12-22-24(19)20(28)13-21(33-22)17-9-5-2-6-10-17/h1-13,27H,14-15H2,(H,26,30). The fourth-order valence-electron chi connectivity index (χ4n) is 3.13. The molecular weight excluding hydrogens is 426 g/mol. The van der Waals surface area contributed by atoms with Gasteiger partial charge in [0.15, 0.2) is 5.43 Å². The molecule has 1 heterocycles. The Morgan fingerprint density at radius 2 is 1.64 bits per heavy atom. The van der Waals surface area contributed by atoms with Gasteiger partial charge in [0, 0.05) is 23.8 Å². The number of carbonyl (C=O) groups is 2. The largest absolute Gasteiger partial charge is 0.507 e. The molecule has 1 amide bonds. The molecule has 0 aliphatic heterocycles. The smallest absolute Gasteiger partial charge is 0.407 e. The molecular formula is C25H19NO7. The summed E-state index contributed by atoms with van der Waals surface area (Å²) in [4.78, 5) is 36.4. The summed E-state index contributed by atoms with van der Waals surface area (Å²) in [5.41, 5.74) is 1.10. The van der Waals surface area contributed by atoms with E-state index in [1.807, 2.05) is 24.3 Å². The highest BCUT2D eigenvalue weighted by Gasteiger charge is 2.15. The Balaban J connectivity index is 1.43. The van der Waals surface area contributed by atoms with Crippen LogP contribution in [0.25, 0.3) is 22.3 Å². The van der Waals surface area contributed by atoms with E-state index in [-0.39, 0.29) is 29.1 Å². The second-order valence-corrected chi connectivity index (χ2v) is 7.05. The number of hydrogen-bond acceptors (Lipinski definition) is 7. The minimum Gasteiger partial charge on any atom is -0.507 e. The highest BCUT2D eigenvalue weighted by Crippen LogP contribution is 2.31. The molecule has 0 atom stereocenters. The lowest BCUT2D eigenvalue weighted by Gasteiger charge is -2.09. The van der Waals surface area contributed by atoms with Crippen molar-refractivity contribution in [1.82, 2.24) is 5.32 Å². The molecule has 33 heavy (non-hydrogen) atoms. The van der Waals surface area contributed by atoms with Gasteiger partial charge < -0.3 is 24.3 Å². The Morgan fingerprint density at radius 3 is 2.36 bits per heavy atom. The molecule has 166 valence electrons. The fourth-order valence-corrected chi connectivity index (χ4v) is 3.13. The van der Waals surface area contributed by atoms with Gasteiger partial charge in [-0.2, -0.15) is 0 Å². The average molecular weight is 445 g/mol. The first-order chi connectivity index (χ1) is 16.0. The maximum Gasteiger partial charge on any atom is 0.407 e. The van der Waals surface area contributed by atoms with Crippen molar-refractivity contribution in [1.29, 1.82) is 0 Å². The van der Waals surface area contributed by atoms with E-state index in [9.17, 15) is 19.5 Å². The summed E-state index contributed by atoms with van der Waals surface area (Å²) in [6.45, 7) is -0.399. The number of fused-ring (bicyclic) bond motifs is 1. The SMILES string of the molecule is O=C(CNC(=O)OCc1ccccc1)Oc1cc(O)c2c(=O)cc(-c3ccccc3)oc2c1. The molecule has 0 radical (unpaired) electrons. The molecule has 0 spiro atoms. The van der Waals surface area contributed by atoms with E-state index in [4.69, 9.17) is 13.9 Å². The molecule has 0 aliphatic carbocycles. The van der Waals surface area contributed by atoms with Crippen LogP contribution in [0.4, 0.5) is 4.79 Å². The Morgan fingerprint density at radius 1 is 0.939 bits per heavy atom. The number of ether oxygens (including phenoxy) is 2. The summed E-state index contributed by atoms with van der Waals surface area (Å²) in [6, 6.07) is 21.8. The number of rotatable bonds is 6. The van der Waals surface area contributed by atoms with Crippen molar-refractivity contribution in [3.8, 4) is 22.8 Å². The molecule has 3 aromatic carbocycles. The van der Waals surface area contributed by atoms with Gasteiger partial charge in [0.05, 0.1) is 0 Å². The predicted octanol–water partition coefficient (Wildman–Crippen LogP) is 4.00. The van der Waals surface area contributed by atoms with Crippen molar-refractivity contribution in [3.63, 3.8) is 0 Å².